The molecule has 3 N–H and O–H groups in total. The van der Waals surface area contributed by atoms with Gasteiger partial charge in [0, 0.05) is 30.2 Å². The third-order valence-electron chi connectivity index (χ3n) is 4.45. The molecule has 1 fully saturated rings. The molecule has 1 atom stereocenters. The van der Waals surface area contributed by atoms with Crippen molar-refractivity contribution >= 4 is 28.8 Å². The fraction of sp³-hybridized carbons (Fsp3) is 0.389. The lowest BCUT2D eigenvalue weighted by Crippen LogP contribution is -2.50. The topological polar surface area (TPSA) is 104 Å². The van der Waals surface area contributed by atoms with E-state index in [1.165, 1.54) is 4.90 Å². The molecule has 0 aliphatic carbocycles. The standard InChI is InChI=1S/C18H22N4O4/c1-2-26-18(25)22-9-5-6-12(11-22)16(23)20-21-17(24)14-10-19-15-8-4-3-7-13(14)15/h3-4,7-8,10,12,19H,2,5-6,9,11H2,1H3,(H,20,23)(H,21,24)/t12-/m0/s1. The molecule has 3 amide bonds. The smallest absolute Gasteiger partial charge is 0.409 e. The number of carbonyl (C=O) groups is 3. The summed E-state index contributed by atoms with van der Waals surface area (Å²) in [5.74, 6) is -1.09. The summed E-state index contributed by atoms with van der Waals surface area (Å²) in [5, 5.41) is 0.783. The second kappa shape index (κ2) is 7.90. The SMILES string of the molecule is CCOC(=O)N1CCC[C@H](C(=O)NNC(=O)c2c[nH]c3ccccc23)C1. The molecule has 0 unspecified atom stereocenters. The molecule has 1 aromatic heterocycles. The fourth-order valence-corrected chi connectivity index (χ4v) is 3.12. The molecule has 0 spiro atoms. The first-order valence-corrected chi connectivity index (χ1v) is 8.68. The molecule has 8 nitrogen and oxygen atoms in total. The van der Waals surface area contributed by atoms with Gasteiger partial charge in [-0.05, 0) is 25.8 Å². The summed E-state index contributed by atoms with van der Waals surface area (Å²) in [6.45, 7) is 2.90. The zero-order valence-corrected chi connectivity index (χ0v) is 14.6. The number of hydrogen-bond acceptors (Lipinski definition) is 4. The first-order valence-electron chi connectivity index (χ1n) is 8.68. The van der Waals surface area contributed by atoms with Gasteiger partial charge in [0.15, 0.2) is 0 Å². The lowest BCUT2D eigenvalue weighted by atomic mass is 9.98. The lowest BCUT2D eigenvalue weighted by molar-refractivity contribution is -0.127. The molecule has 2 aromatic rings. The van der Waals surface area contributed by atoms with Crippen LogP contribution in [0.2, 0.25) is 0 Å². The van der Waals surface area contributed by atoms with Crippen molar-refractivity contribution in [1.82, 2.24) is 20.7 Å². The summed E-state index contributed by atoms with van der Waals surface area (Å²) in [6.07, 6.45) is 2.57. The zero-order chi connectivity index (χ0) is 18.5. The number of ether oxygens (including phenoxy) is 1. The number of hydrogen-bond donors (Lipinski definition) is 3. The van der Waals surface area contributed by atoms with Gasteiger partial charge in [-0.2, -0.15) is 0 Å². The number of likely N-dealkylation sites (tertiary alicyclic amines) is 1. The molecule has 2 heterocycles. The Bertz CT molecular complexity index is 816. The van der Waals surface area contributed by atoms with Crippen LogP contribution in [0.3, 0.4) is 0 Å². The van der Waals surface area contributed by atoms with Crippen LogP contribution in [0.25, 0.3) is 10.9 Å². The molecular weight excluding hydrogens is 336 g/mol. The number of carbonyl (C=O) groups excluding carboxylic acids is 3. The van der Waals surface area contributed by atoms with Crippen molar-refractivity contribution in [3.05, 3.63) is 36.0 Å². The quantitative estimate of drug-likeness (QED) is 0.728. The summed E-state index contributed by atoms with van der Waals surface area (Å²) in [5.41, 5.74) is 6.22. The fourth-order valence-electron chi connectivity index (χ4n) is 3.12. The number of hydrazine groups is 1. The number of para-hydroxylation sites is 1. The van der Waals surface area contributed by atoms with Crippen molar-refractivity contribution in [2.24, 2.45) is 5.92 Å². The summed E-state index contributed by atoms with van der Waals surface area (Å²) < 4.78 is 4.98. The summed E-state index contributed by atoms with van der Waals surface area (Å²) >= 11 is 0. The molecule has 0 saturated carbocycles. The Morgan fingerprint density at radius 2 is 2.08 bits per heavy atom. The number of amides is 3. The minimum absolute atomic E-state index is 0.285. The number of benzene rings is 1. The van der Waals surface area contributed by atoms with E-state index in [0.29, 0.717) is 31.6 Å². The van der Waals surface area contributed by atoms with Gasteiger partial charge in [0.05, 0.1) is 18.1 Å². The number of nitrogens with zero attached hydrogens (tertiary/aromatic N) is 1. The van der Waals surface area contributed by atoms with E-state index in [2.05, 4.69) is 15.8 Å². The highest BCUT2D eigenvalue weighted by molar-refractivity contribution is 6.07. The molecular formula is C18H22N4O4. The molecule has 1 aliphatic heterocycles. The second-order valence-corrected chi connectivity index (χ2v) is 6.18. The number of aromatic amines is 1. The number of rotatable bonds is 3. The van der Waals surface area contributed by atoms with Gasteiger partial charge in [-0.3, -0.25) is 20.4 Å². The molecule has 0 bridgehead atoms. The van der Waals surface area contributed by atoms with E-state index in [1.807, 2.05) is 24.3 Å². The maximum absolute atomic E-state index is 12.3. The maximum Gasteiger partial charge on any atom is 0.409 e. The molecule has 1 aromatic carbocycles. The van der Waals surface area contributed by atoms with Crippen LogP contribution < -0.4 is 10.9 Å². The first kappa shape index (κ1) is 17.8. The van der Waals surface area contributed by atoms with Crippen molar-refractivity contribution in [3.63, 3.8) is 0 Å². The van der Waals surface area contributed by atoms with Crippen molar-refractivity contribution in [1.29, 1.82) is 0 Å². The third-order valence-corrected chi connectivity index (χ3v) is 4.45. The Morgan fingerprint density at radius 1 is 1.27 bits per heavy atom. The van der Waals surface area contributed by atoms with Gasteiger partial charge in [-0.15, -0.1) is 0 Å². The van der Waals surface area contributed by atoms with E-state index in [4.69, 9.17) is 4.74 Å². The maximum atomic E-state index is 12.3. The van der Waals surface area contributed by atoms with Crippen molar-refractivity contribution in [2.45, 2.75) is 19.8 Å². The van der Waals surface area contributed by atoms with Crippen LogP contribution in [0.15, 0.2) is 30.5 Å². The monoisotopic (exact) mass is 358 g/mol. The van der Waals surface area contributed by atoms with Gasteiger partial charge in [-0.1, -0.05) is 18.2 Å². The Balaban J connectivity index is 1.56. The zero-order valence-electron chi connectivity index (χ0n) is 14.6. The van der Waals surface area contributed by atoms with E-state index in [1.54, 1.807) is 13.1 Å². The molecule has 0 radical (unpaired) electrons. The van der Waals surface area contributed by atoms with Crippen LogP contribution in [0.4, 0.5) is 4.79 Å². The van der Waals surface area contributed by atoms with Crippen molar-refractivity contribution < 1.29 is 19.1 Å². The number of nitrogens with one attached hydrogen (secondary N) is 3. The summed E-state index contributed by atoms with van der Waals surface area (Å²) in [7, 11) is 0. The van der Waals surface area contributed by atoms with Crippen LogP contribution in [0, 0.1) is 5.92 Å². The van der Waals surface area contributed by atoms with Crippen LogP contribution in [0.5, 0.6) is 0 Å². The average Bonchev–Trinajstić information content (AvgIpc) is 3.10. The largest absolute Gasteiger partial charge is 0.450 e. The molecule has 138 valence electrons. The Morgan fingerprint density at radius 3 is 2.88 bits per heavy atom. The molecule has 1 aliphatic rings. The molecule has 3 rings (SSSR count). The Labute approximate surface area is 150 Å². The molecule has 1 saturated heterocycles. The van der Waals surface area contributed by atoms with Gasteiger partial charge in [0.25, 0.3) is 5.91 Å². The van der Waals surface area contributed by atoms with Crippen LogP contribution in [0.1, 0.15) is 30.1 Å². The molecule has 8 heteroatoms. The number of fused-ring (bicyclic) bond motifs is 1. The van der Waals surface area contributed by atoms with E-state index in [9.17, 15) is 14.4 Å². The highest BCUT2D eigenvalue weighted by Gasteiger charge is 2.29. The van der Waals surface area contributed by atoms with E-state index in [0.717, 1.165) is 10.9 Å². The summed E-state index contributed by atoms with van der Waals surface area (Å²) in [4.78, 5) is 41.0. The second-order valence-electron chi connectivity index (χ2n) is 6.18. The van der Waals surface area contributed by atoms with Gasteiger partial charge in [0.2, 0.25) is 5.91 Å². The van der Waals surface area contributed by atoms with Crippen LogP contribution in [-0.2, 0) is 9.53 Å². The number of H-pyrrole nitrogens is 1. The van der Waals surface area contributed by atoms with Gasteiger partial charge in [0.1, 0.15) is 0 Å². The van der Waals surface area contributed by atoms with Gasteiger partial charge >= 0.3 is 6.09 Å². The van der Waals surface area contributed by atoms with Gasteiger partial charge in [-0.25, -0.2) is 4.79 Å². The van der Waals surface area contributed by atoms with E-state index < -0.39 is 12.0 Å². The van der Waals surface area contributed by atoms with Crippen LogP contribution >= 0.6 is 0 Å². The van der Waals surface area contributed by atoms with Crippen molar-refractivity contribution in [3.8, 4) is 0 Å². The Hall–Kier alpha value is -3.03. The highest BCUT2D eigenvalue weighted by Crippen LogP contribution is 2.18. The predicted molar refractivity (Wildman–Crippen MR) is 95.2 cm³/mol. The highest BCUT2D eigenvalue weighted by atomic mass is 16.6. The normalized spacial score (nSPS) is 17.0. The minimum atomic E-state index is -0.409. The number of aromatic nitrogens is 1. The van der Waals surface area contributed by atoms with Crippen molar-refractivity contribution in [2.75, 3.05) is 19.7 Å². The van der Waals surface area contributed by atoms with E-state index >= 15 is 0 Å². The van der Waals surface area contributed by atoms with E-state index in [-0.39, 0.29) is 18.4 Å². The third kappa shape index (κ3) is 3.79. The average molecular weight is 358 g/mol. The summed E-state index contributed by atoms with van der Waals surface area (Å²) in [6, 6.07) is 7.43. The van der Waals surface area contributed by atoms with Crippen LogP contribution in [-0.4, -0.2) is 47.5 Å². The minimum Gasteiger partial charge on any atom is -0.450 e. The predicted octanol–water partition coefficient (Wildman–Crippen LogP) is 1.80. The number of piperidine rings is 1. The first-order chi connectivity index (χ1) is 12.6. The Kier molecular flexibility index (Phi) is 5.40. The molecule has 26 heavy (non-hydrogen) atoms. The lowest BCUT2D eigenvalue weighted by Gasteiger charge is -2.31. The van der Waals surface area contributed by atoms with Gasteiger partial charge < -0.3 is 14.6 Å².